The Kier molecular flexibility index (Phi) is 5.94. The fraction of sp³-hybridized carbons (Fsp3) is 0.700. The molecule has 2 aromatic rings. The van der Waals surface area contributed by atoms with Crippen LogP contribution in [0.1, 0.15) is 65.8 Å². The van der Waals surface area contributed by atoms with Gasteiger partial charge in [-0.2, -0.15) is 0 Å². The van der Waals surface area contributed by atoms with Gasteiger partial charge in [-0.1, -0.05) is 12.8 Å². The maximum absolute atomic E-state index is 4.91. The zero-order valence-electron chi connectivity index (χ0n) is 17.2. The second-order valence-electron chi connectivity index (χ2n) is 8.03. The van der Waals surface area contributed by atoms with Gasteiger partial charge < -0.3 is 14.8 Å². The molecule has 0 aliphatic heterocycles. The molecule has 1 fully saturated rings. The van der Waals surface area contributed by atoms with Gasteiger partial charge in [0.15, 0.2) is 11.8 Å². The highest BCUT2D eigenvalue weighted by Crippen LogP contribution is 2.27. The summed E-state index contributed by atoms with van der Waals surface area (Å²) in [5.41, 5.74) is 1.33. The molecule has 2 aromatic heterocycles. The van der Waals surface area contributed by atoms with Crippen LogP contribution in [0.2, 0.25) is 0 Å². The fourth-order valence-electron chi connectivity index (χ4n) is 4.01. The SMILES string of the molecule is Cc1nnc(CN=C(NC2CCCC2)N(C)Cc2nc3c(s2)CCCC3)n1C. The highest BCUT2D eigenvalue weighted by molar-refractivity contribution is 7.11. The summed E-state index contributed by atoms with van der Waals surface area (Å²) in [6.45, 7) is 3.30. The van der Waals surface area contributed by atoms with E-state index < -0.39 is 0 Å². The lowest BCUT2D eigenvalue weighted by Gasteiger charge is -2.24. The Bertz CT molecular complexity index is 808. The Morgan fingerprint density at radius 1 is 1.21 bits per heavy atom. The zero-order valence-corrected chi connectivity index (χ0v) is 18.1. The molecule has 28 heavy (non-hydrogen) atoms. The number of aromatic nitrogens is 4. The van der Waals surface area contributed by atoms with E-state index in [0.29, 0.717) is 12.6 Å². The van der Waals surface area contributed by atoms with Gasteiger partial charge in [-0.15, -0.1) is 21.5 Å². The first-order chi connectivity index (χ1) is 13.6. The van der Waals surface area contributed by atoms with Crippen molar-refractivity contribution in [1.82, 2.24) is 30.0 Å². The Morgan fingerprint density at radius 2 is 2.00 bits per heavy atom. The highest BCUT2D eigenvalue weighted by Gasteiger charge is 2.20. The zero-order chi connectivity index (χ0) is 19.5. The van der Waals surface area contributed by atoms with Crippen LogP contribution in [0.5, 0.6) is 0 Å². The summed E-state index contributed by atoms with van der Waals surface area (Å²) in [6, 6.07) is 0.520. The largest absolute Gasteiger partial charge is 0.353 e. The number of fused-ring (bicyclic) bond motifs is 1. The number of hydrogen-bond donors (Lipinski definition) is 1. The molecule has 8 heteroatoms. The van der Waals surface area contributed by atoms with Crippen LogP contribution < -0.4 is 5.32 Å². The molecule has 2 aliphatic carbocycles. The number of nitrogens with one attached hydrogen (secondary N) is 1. The molecule has 2 aliphatic rings. The van der Waals surface area contributed by atoms with E-state index in [1.807, 2.05) is 29.9 Å². The predicted octanol–water partition coefficient (Wildman–Crippen LogP) is 2.98. The minimum atomic E-state index is 0.520. The summed E-state index contributed by atoms with van der Waals surface area (Å²) in [6.07, 6.45) is 9.97. The third-order valence-electron chi connectivity index (χ3n) is 5.87. The number of aryl methyl sites for hydroxylation is 3. The van der Waals surface area contributed by atoms with Crippen LogP contribution in [0.3, 0.4) is 0 Å². The number of nitrogens with zero attached hydrogens (tertiary/aromatic N) is 6. The van der Waals surface area contributed by atoms with Gasteiger partial charge in [0, 0.05) is 25.0 Å². The van der Waals surface area contributed by atoms with E-state index in [9.17, 15) is 0 Å². The second-order valence-corrected chi connectivity index (χ2v) is 9.20. The van der Waals surface area contributed by atoms with Crippen molar-refractivity contribution < 1.29 is 0 Å². The standard InChI is InChI=1S/C20H31N7S/c1-14-24-25-18(27(14)3)12-21-20(22-15-8-4-5-9-15)26(2)13-19-23-16-10-6-7-11-17(16)28-19/h15H,4-13H2,1-3H3,(H,21,22). The normalized spacial score (nSPS) is 17.8. The van der Waals surface area contributed by atoms with Crippen LogP contribution in [-0.2, 0) is 33.0 Å². The molecule has 152 valence electrons. The topological polar surface area (TPSA) is 71.2 Å². The van der Waals surface area contributed by atoms with Gasteiger partial charge in [-0.25, -0.2) is 9.98 Å². The highest BCUT2D eigenvalue weighted by atomic mass is 32.1. The van der Waals surface area contributed by atoms with Crippen molar-refractivity contribution in [3.8, 4) is 0 Å². The average molecular weight is 402 g/mol. The van der Waals surface area contributed by atoms with E-state index in [1.54, 1.807) is 0 Å². The summed E-state index contributed by atoms with van der Waals surface area (Å²) in [5, 5.41) is 13.3. The van der Waals surface area contributed by atoms with Gasteiger partial charge in [0.25, 0.3) is 0 Å². The monoisotopic (exact) mass is 401 g/mol. The van der Waals surface area contributed by atoms with Crippen molar-refractivity contribution in [1.29, 1.82) is 0 Å². The van der Waals surface area contributed by atoms with Crippen LogP contribution >= 0.6 is 11.3 Å². The number of aliphatic imine (C=N–C) groups is 1. The Morgan fingerprint density at radius 3 is 2.71 bits per heavy atom. The summed E-state index contributed by atoms with van der Waals surface area (Å²) >= 11 is 1.88. The number of thiazole rings is 1. The summed E-state index contributed by atoms with van der Waals surface area (Å²) in [5.74, 6) is 2.75. The first-order valence-electron chi connectivity index (χ1n) is 10.4. The molecule has 0 radical (unpaired) electrons. The lowest BCUT2D eigenvalue weighted by molar-refractivity contribution is 0.455. The smallest absolute Gasteiger partial charge is 0.194 e. The molecule has 1 saturated carbocycles. The lowest BCUT2D eigenvalue weighted by atomic mass is 10.0. The van der Waals surface area contributed by atoms with Crippen LogP contribution in [0.15, 0.2) is 4.99 Å². The van der Waals surface area contributed by atoms with Crippen molar-refractivity contribution >= 4 is 17.3 Å². The average Bonchev–Trinajstić information content (AvgIpc) is 3.41. The molecular weight excluding hydrogens is 370 g/mol. The van der Waals surface area contributed by atoms with Gasteiger partial charge in [0.2, 0.25) is 0 Å². The molecule has 7 nitrogen and oxygen atoms in total. The summed E-state index contributed by atoms with van der Waals surface area (Å²) in [7, 11) is 4.11. The van der Waals surface area contributed by atoms with Crippen LogP contribution in [0, 0.1) is 6.92 Å². The van der Waals surface area contributed by atoms with Gasteiger partial charge in [-0.05, 0) is 45.4 Å². The molecule has 4 rings (SSSR count). The minimum absolute atomic E-state index is 0.520. The molecule has 1 N–H and O–H groups in total. The molecular formula is C20H31N7S. The maximum atomic E-state index is 4.91. The minimum Gasteiger partial charge on any atom is -0.353 e. The van der Waals surface area contributed by atoms with Gasteiger partial charge in [0.05, 0.1) is 12.2 Å². The summed E-state index contributed by atoms with van der Waals surface area (Å²) in [4.78, 5) is 13.5. The first kappa shape index (κ1) is 19.4. The number of guanidine groups is 1. The van der Waals surface area contributed by atoms with Crippen LogP contribution in [-0.4, -0.2) is 43.7 Å². The maximum Gasteiger partial charge on any atom is 0.194 e. The number of rotatable bonds is 5. The lowest BCUT2D eigenvalue weighted by Crippen LogP contribution is -2.43. The first-order valence-corrected chi connectivity index (χ1v) is 11.3. The third kappa shape index (κ3) is 4.37. The van der Waals surface area contributed by atoms with Gasteiger partial charge in [-0.3, -0.25) is 0 Å². The van der Waals surface area contributed by atoms with Crippen molar-refractivity contribution in [2.75, 3.05) is 7.05 Å². The van der Waals surface area contributed by atoms with Crippen molar-refractivity contribution in [2.24, 2.45) is 12.0 Å². The Labute approximate surface area is 171 Å². The fourth-order valence-corrected chi connectivity index (χ4v) is 5.22. The van der Waals surface area contributed by atoms with Crippen molar-refractivity contribution in [3.05, 3.63) is 27.2 Å². The van der Waals surface area contributed by atoms with E-state index in [4.69, 9.17) is 9.98 Å². The van der Waals surface area contributed by atoms with E-state index in [2.05, 4.69) is 27.5 Å². The van der Waals surface area contributed by atoms with Crippen LogP contribution in [0.25, 0.3) is 0 Å². The molecule has 2 heterocycles. The van der Waals surface area contributed by atoms with E-state index >= 15 is 0 Å². The predicted molar refractivity (Wildman–Crippen MR) is 112 cm³/mol. The molecule has 0 amide bonds. The molecule has 0 atom stereocenters. The van der Waals surface area contributed by atoms with Gasteiger partial charge >= 0.3 is 0 Å². The number of hydrogen-bond acceptors (Lipinski definition) is 5. The molecule has 0 aromatic carbocycles. The van der Waals surface area contributed by atoms with E-state index in [-0.39, 0.29) is 0 Å². The Hall–Kier alpha value is -1.96. The Balaban J connectivity index is 1.48. The molecule has 0 unspecified atom stereocenters. The third-order valence-corrected chi connectivity index (χ3v) is 7.01. The van der Waals surface area contributed by atoms with Crippen LogP contribution in [0.4, 0.5) is 0 Å². The van der Waals surface area contributed by atoms with Crippen molar-refractivity contribution in [2.45, 2.75) is 77.4 Å². The van der Waals surface area contributed by atoms with Crippen molar-refractivity contribution in [3.63, 3.8) is 0 Å². The molecule has 0 spiro atoms. The summed E-state index contributed by atoms with van der Waals surface area (Å²) < 4.78 is 2.01. The molecule has 0 saturated heterocycles. The van der Waals surface area contributed by atoms with E-state index in [1.165, 1.54) is 60.5 Å². The quantitative estimate of drug-likeness (QED) is 0.616. The van der Waals surface area contributed by atoms with Gasteiger partial charge in [0.1, 0.15) is 17.4 Å². The van der Waals surface area contributed by atoms with E-state index in [0.717, 1.165) is 30.6 Å². The molecule has 0 bridgehead atoms. The second kappa shape index (κ2) is 8.59.